The number of rotatable bonds is 3. The van der Waals surface area contributed by atoms with Gasteiger partial charge in [-0.2, -0.15) is 0 Å². The molecule has 0 aromatic heterocycles. The van der Waals surface area contributed by atoms with Gasteiger partial charge in [0.15, 0.2) is 5.78 Å². The predicted molar refractivity (Wildman–Crippen MR) is 102 cm³/mol. The molecule has 27 heavy (non-hydrogen) atoms. The molecule has 3 atom stereocenters. The minimum absolute atomic E-state index is 0.0227. The molecule has 0 fully saturated rings. The molecule has 0 aromatic carbocycles. The van der Waals surface area contributed by atoms with Crippen LogP contribution < -0.4 is 5.32 Å². The number of hydrogen-bond acceptors (Lipinski definition) is 6. The van der Waals surface area contributed by atoms with Gasteiger partial charge >= 0.3 is 0 Å². The van der Waals surface area contributed by atoms with Crippen LogP contribution in [0.4, 0.5) is 0 Å². The fourth-order valence-electron chi connectivity index (χ4n) is 2.40. The molecule has 0 saturated heterocycles. The van der Waals surface area contributed by atoms with Gasteiger partial charge < -0.3 is 25.4 Å². The average molecular weight is 377 g/mol. The number of aliphatic hydroxyl groups is 3. The SMILES string of the molecule is C=C(O)\C=C(/C=C1/C=C/CC(O)C(O)C(=O)/C=C\CC(C)NC(=O)C1)OC. The maximum absolute atomic E-state index is 12.3. The Kier molecular flexibility index (Phi) is 9.25. The summed E-state index contributed by atoms with van der Waals surface area (Å²) in [5.41, 5.74) is 0.551. The monoisotopic (exact) mass is 377 g/mol. The van der Waals surface area contributed by atoms with Crippen LogP contribution in [0.5, 0.6) is 0 Å². The third kappa shape index (κ3) is 8.52. The van der Waals surface area contributed by atoms with Gasteiger partial charge in [-0.25, -0.2) is 0 Å². The van der Waals surface area contributed by atoms with Crippen LogP contribution in [0.15, 0.2) is 60.1 Å². The highest BCUT2D eigenvalue weighted by atomic mass is 16.5. The van der Waals surface area contributed by atoms with E-state index in [-0.39, 0.29) is 30.5 Å². The summed E-state index contributed by atoms with van der Waals surface area (Å²) in [7, 11) is 1.42. The first-order chi connectivity index (χ1) is 12.7. The van der Waals surface area contributed by atoms with Crippen LogP contribution in [0.2, 0.25) is 0 Å². The van der Waals surface area contributed by atoms with Crippen molar-refractivity contribution in [2.45, 2.75) is 44.4 Å². The Hall–Kier alpha value is -2.64. The number of aliphatic hydroxyl groups excluding tert-OH is 3. The molecule has 1 heterocycles. The minimum Gasteiger partial charge on any atom is -0.508 e. The molecule has 0 radical (unpaired) electrons. The number of carbonyl (C=O) groups excluding carboxylic acids is 2. The first kappa shape index (κ1) is 22.4. The molecular weight excluding hydrogens is 350 g/mol. The molecule has 0 aliphatic carbocycles. The van der Waals surface area contributed by atoms with Crippen molar-refractivity contribution >= 4 is 11.7 Å². The fourth-order valence-corrected chi connectivity index (χ4v) is 2.40. The van der Waals surface area contributed by atoms with Crippen molar-refractivity contribution in [1.29, 1.82) is 0 Å². The third-order valence-electron chi connectivity index (χ3n) is 3.78. The van der Waals surface area contributed by atoms with Crippen LogP contribution in [-0.2, 0) is 14.3 Å². The van der Waals surface area contributed by atoms with Crippen molar-refractivity contribution in [1.82, 2.24) is 5.32 Å². The van der Waals surface area contributed by atoms with E-state index in [4.69, 9.17) is 4.74 Å². The molecule has 1 rings (SSSR count). The van der Waals surface area contributed by atoms with E-state index in [2.05, 4.69) is 11.9 Å². The number of methoxy groups -OCH3 is 1. The lowest BCUT2D eigenvalue weighted by Crippen LogP contribution is -2.33. The van der Waals surface area contributed by atoms with E-state index >= 15 is 0 Å². The molecule has 0 spiro atoms. The maximum atomic E-state index is 12.3. The smallest absolute Gasteiger partial charge is 0.224 e. The zero-order valence-electron chi connectivity index (χ0n) is 15.6. The number of amides is 1. The zero-order chi connectivity index (χ0) is 20.4. The van der Waals surface area contributed by atoms with Crippen molar-refractivity contribution in [2.24, 2.45) is 0 Å². The van der Waals surface area contributed by atoms with Gasteiger partial charge in [0, 0.05) is 12.1 Å². The number of ketones is 1. The zero-order valence-corrected chi connectivity index (χ0v) is 15.6. The molecule has 0 aromatic rings. The number of carbonyl (C=O) groups is 2. The van der Waals surface area contributed by atoms with Gasteiger partial charge in [0.2, 0.25) is 5.91 Å². The minimum atomic E-state index is -1.52. The standard InChI is InChI=1S/C20H27NO6/c1-13-6-4-8-17(23)20(26)18(24)9-5-7-15(12-19(25)21-13)11-16(27-3)10-14(2)22/h4-5,7-8,10-11,13,18,20,22,24,26H,2,6,9,12H2,1,3H3,(H,21,25)/b7-5+,8-4-,15-11-,16-10+. The van der Waals surface area contributed by atoms with Gasteiger partial charge in [-0.05, 0) is 37.5 Å². The molecule has 4 N–H and O–H groups in total. The Bertz CT molecular complexity index is 674. The summed E-state index contributed by atoms with van der Waals surface area (Å²) in [4.78, 5) is 24.1. The summed E-state index contributed by atoms with van der Waals surface area (Å²) < 4.78 is 5.14. The van der Waals surface area contributed by atoms with Crippen LogP contribution in [-0.4, -0.2) is 52.4 Å². The van der Waals surface area contributed by atoms with Crippen LogP contribution >= 0.6 is 0 Å². The number of nitrogens with one attached hydrogen (secondary N) is 1. The second-order valence-electron chi connectivity index (χ2n) is 6.30. The summed E-state index contributed by atoms with van der Waals surface area (Å²) in [6, 6.07) is -0.216. The van der Waals surface area contributed by atoms with Crippen molar-refractivity contribution < 1.29 is 29.6 Å². The number of ether oxygens (including phenoxy) is 1. The van der Waals surface area contributed by atoms with Crippen molar-refractivity contribution in [3.8, 4) is 0 Å². The lowest BCUT2D eigenvalue weighted by molar-refractivity contribution is -0.127. The largest absolute Gasteiger partial charge is 0.508 e. The highest BCUT2D eigenvalue weighted by molar-refractivity contribution is 5.93. The molecule has 7 heteroatoms. The Balaban J connectivity index is 3.14. The van der Waals surface area contributed by atoms with Crippen molar-refractivity contribution in [3.63, 3.8) is 0 Å². The van der Waals surface area contributed by atoms with E-state index in [1.54, 1.807) is 31.2 Å². The Morgan fingerprint density at radius 2 is 1.93 bits per heavy atom. The quantitative estimate of drug-likeness (QED) is 0.439. The summed E-state index contributed by atoms with van der Waals surface area (Å²) in [6.07, 6.45) is 6.48. The van der Waals surface area contributed by atoms with Crippen LogP contribution in [0.1, 0.15) is 26.2 Å². The second-order valence-corrected chi connectivity index (χ2v) is 6.30. The Morgan fingerprint density at radius 3 is 2.56 bits per heavy atom. The summed E-state index contributed by atoms with van der Waals surface area (Å²) >= 11 is 0. The highest BCUT2D eigenvalue weighted by Gasteiger charge is 2.21. The molecule has 1 aliphatic heterocycles. The van der Waals surface area contributed by atoms with Crippen LogP contribution in [0, 0.1) is 0 Å². The van der Waals surface area contributed by atoms with E-state index in [0.717, 1.165) is 0 Å². The first-order valence-electron chi connectivity index (χ1n) is 8.59. The summed E-state index contributed by atoms with van der Waals surface area (Å²) in [6.45, 7) is 5.15. The molecule has 1 aliphatic rings. The van der Waals surface area contributed by atoms with Gasteiger partial charge in [-0.3, -0.25) is 9.59 Å². The highest BCUT2D eigenvalue weighted by Crippen LogP contribution is 2.13. The number of hydrogen-bond donors (Lipinski definition) is 4. The second kappa shape index (κ2) is 11.2. The van der Waals surface area contributed by atoms with E-state index in [1.165, 1.54) is 19.3 Å². The van der Waals surface area contributed by atoms with Crippen molar-refractivity contribution in [2.75, 3.05) is 7.11 Å². The van der Waals surface area contributed by atoms with Gasteiger partial charge in [-0.1, -0.05) is 24.8 Å². The van der Waals surface area contributed by atoms with E-state index < -0.39 is 18.0 Å². The predicted octanol–water partition coefficient (Wildman–Crippen LogP) is 1.61. The maximum Gasteiger partial charge on any atom is 0.224 e. The van der Waals surface area contributed by atoms with Gasteiger partial charge in [-0.15, -0.1) is 0 Å². The molecule has 3 unspecified atom stereocenters. The molecule has 1 amide bonds. The summed E-state index contributed by atoms with van der Waals surface area (Å²) in [5, 5.41) is 31.9. The fraction of sp³-hybridized carbons (Fsp3) is 0.400. The normalized spacial score (nSPS) is 29.6. The Morgan fingerprint density at radius 1 is 1.26 bits per heavy atom. The summed E-state index contributed by atoms with van der Waals surface area (Å²) in [5.74, 6) is -0.722. The van der Waals surface area contributed by atoms with Crippen LogP contribution in [0.25, 0.3) is 0 Å². The van der Waals surface area contributed by atoms with Gasteiger partial charge in [0.1, 0.15) is 17.6 Å². The lowest BCUT2D eigenvalue weighted by Gasteiger charge is -2.15. The van der Waals surface area contributed by atoms with Gasteiger partial charge in [0.05, 0.1) is 19.6 Å². The molecule has 148 valence electrons. The van der Waals surface area contributed by atoms with Crippen LogP contribution in [0.3, 0.4) is 0 Å². The molecule has 7 nitrogen and oxygen atoms in total. The molecule has 0 bridgehead atoms. The van der Waals surface area contributed by atoms with E-state index in [0.29, 0.717) is 17.8 Å². The van der Waals surface area contributed by atoms with E-state index in [9.17, 15) is 24.9 Å². The first-order valence-corrected chi connectivity index (χ1v) is 8.59. The molecular formula is C20H27NO6. The molecule has 0 saturated carbocycles. The van der Waals surface area contributed by atoms with E-state index in [1.807, 2.05) is 0 Å². The van der Waals surface area contributed by atoms with Crippen molar-refractivity contribution in [3.05, 3.63) is 60.1 Å². The lowest BCUT2D eigenvalue weighted by atomic mass is 10.0. The topological polar surface area (TPSA) is 116 Å². The Labute approximate surface area is 159 Å². The van der Waals surface area contributed by atoms with Gasteiger partial charge in [0.25, 0.3) is 0 Å². The third-order valence-corrected chi connectivity index (χ3v) is 3.78. The number of allylic oxidation sites excluding steroid dienone is 3. The average Bonchev–Trinajstić information content (AvgIpc) is 2.58.